The number of hydrogen-bond acceptors (Lipinski definition) is 10. The van der Waals surface area contributed by atoms with E-state index in [9.17, 15) is 24.8 Å². The molecule has 0 spiro atoms. The highest BCUT2D eigenvalue weighted by atomic mass is 32.1. The number of phenols is 1. The molecule has 0 saturated carbocycles. The van der Waals surface area contributed by atoms with Crippen LogP contribution in [0.5, 0.6) is 17.2 Å². The topological polar surface area (TPSA) is 142 Å². The van der Waals surface area contributed by atoms with Crippen molar-refractivity contribution in [3.63, 3.8) is 0 Å². The fraction of sp³-hybridized carbons (Fsp3) is 0.296. The zero-order chi connectivity index (χ0) is 28.3. The highest BCUT2D eigenvalue weighted by Crippen LogP contribution is 2.38. The van der Waals surface area contributed by atoms with E-state index < -0.39 is 33.9 Å². The third kappa shape index (κ3) is 5.28. The molecule has 2 aromatic carbocycles. The number of benzene rings is 2. The van der Waals surface area contributed by atoms with Gasteiger partial charge in [0.1, 0.15) is 17.5 Å². The van der Waals surface area contributed by atoms with E-state index in [0.717, 1.165) is 11.3 Å². The van der Waals surface area contributed by atoms with Gasteiger partial charge in [-0.25, -0.2) is 9.79 Å². The fourth-order valence-corrected chi connectivity index (χ4v) is 5.42. The molecule has 1 aliphatic heterocycles. The number of rotatable bonds is 9. The lowest BCUT2D eigenvalue weighted by atomic mass is 9.93. The second-order valence-electron chi connectivity index (χ2n) is 8.53. The molecule has 1 aliphatic rings. The maximum Gasteiger partial charge on any atom is 0.338 e. The second-order valence-corrected chi connectivity index (χ2v) is 9.54. The van der Waals surface area contributed by atoms with Gasteiger partial charge < -0.3 is 19.3 Å². The molecule has 2 heterocycles. The number of thiazole rings is 1. The molecule has 0 unspecified atom stereocenters. The van der Waals surface area contributed by atoms with E-state index in [1.165, 1.54) is 43.1 Å². The minimum absolute atomic E-state index is 0.133. The van der Waals surface area contributed by atoms with Crippen LogP contribution in [0.15, 0.2) is 57.5 Å². The first-order valence-corrected chi connectivity index (χ1v) is 13.0. The number of hydrogen-bond donors (Lipinski definition) is 1. The van der Waals surface area contributed by atoms with Crippen LogP contribution in [-0.2, 0) is 9.53 Å². The van der Waals surface area contributed by atoms with Gasteiger partial charge in [-0.2, -0.15) is 0 Å². The summed E-state index contributed by atoms with van der Waals surface area (Å²) in [6.45, 7) is 3.79. The van der Waals surface area contributed by atoms with Crippen molar-refractivity contribution < 1.29 is 29.0 Å². The number of fused-ring (bicyclic) bond motifs is 1. The van der Waals surface area contributed by atoms with Gasteiger partial charge in [-0.15, -0.1) is 0 Å². The molecule has 12 heteroatoms. The first-order valence-electron chi connectivity index (χ1n) is 12.1. The number of nitrogens with zero attached hydrogens (tertiary/aromatic N) is 3. The molecule has 204 valence electrons. The van der Waals surface area contributed by atoms with Gasteiger partial charge in [0.05, 0.1) is 41.6 Å². The van der Waals surface area contributed by atoms with Crippen LogP contribution in [-0.4, -0.2) is 41.4 Å². The average Bonchev–Trinajstić information content (AvgIpc) is 3.22. The normalized spacial score (nSPS) is 15.0. The van der Waals surface area contributed by atoms with Gasteiger partial charge in [-0.1, -0.05) is 30.7 Å². The van der Waals surface area contributed by atoms with Crippen LogP contribution in [0, 0.1) is 10.1 Å². The Kier molecular flexibility index (Phi) is 8.15. The summed E-state index contributed by atoms with van der Waals surface area (Å²) in [5.41, 5.74) is 0.644. The smallest absolute Gasteiger partial charge is 0.338 e. The summed E-state index contributed by atoms with van der Waals surface area (Å²) in [5, 5.41) is 21.1. The van der Waals surface area contributed by atoms with Gasteiger partial charge in [-0.05, 0) is 49.2 Å². The molecule has 11 nitrogen and oxygen atoms in total. The molecule has 3 aromatic rings. The summed E-state index contributed by atoms with van der Waals surface area (Å²) in [7, 11) is 3.01. The van der Waals surface area contributed by atoms with Crippen LogP contribution in [0.3, 0.4) is 0 Å². The van der Waals surface area contributed by atoms with E-state index in [2.05, 4.69) is 0 Å². The number of carbonyl (C=O) groups excluding carboxylic acids is 1. The summed E-state index contributed by atoms with van der Waals surface area (Å²) in [4.78, 5) is 42.9. The predicted octanol–water partition coefficient (Wildman–Crippen LogP) is 3.21. The molecule has 1 atom stereocenters. The van der Waals surface area contributed by atoms with E-state index in [1.54, 1.807) is 25.1 Å². The molecule has 4 rings (SSSR count). The fourth-order valence-electron chi connectivity index (χ4n) is 4.40. The Morgan fingerprint density at radius 3 is 2.62 bits per heavy atom. The number of nitro groups is 1. The van der Waals surface area contributed by atoms with Gasteiger partial charge in [0.2, 0.25) is 0 Å². The van der Waals surface area contributed by atoms with Crippen molar-refractivity contribution in [1.82, 2.24) is 4.57 Å². The van der Waals surface area contributed by atoms with Crippen molar-refractivity contribution in [2.75, 3.05) is 20.8 Å². The summed E-state index contributed by atoms with van der Waals surface area (Å²) >= 11 is 1.09. The van der Waals surface area contributed by atoms with E-state index in [0.29, 0.717) is 46.0 Å². The molecule has 0 fully saturated rings. The van der Waals surface area contributed by atoms with Crippen molar-refractivity contribution in [3.05, 3.63) is 88.6 Å². The summed E-state index contributed by atoms with van der Waals surface area (Å²) in [6, 6.07) is 8.04. The second kappa shape index (κ2) is 11.5. The Morgan fingerprint density at radius 1 is 1.21 bits per heavy atom. The Morgan fingerprint density at radius 2 is 1.97 bits per heavy atom. The standard InChI is InChI=1S/C27H27N3O8S/c1-5-7-18-23(26(33)38-6-2)24(17-14-16(36-3)9-11-21(17)37-4)29-25(32)22(39-27(29)28-18)13-15-8-10-20(31)19(12-15)30(34)35/h8-14,24,31H,5-7H2,1-4H3/b22-13-/t24-/m1/s1. The number of aromatic nitrogens is 1. The van der Waals surface area contributed by atoms with Gasteiger partial charge in [0.25, 0.3) is 5.56 Å². The third-order valence-corrected chi connectivity index (χ3v) is 7.10. The first kappa shape index (κ1) is 27.6. The number of aromatic hydroxyl groups is 1. The highest BCUT2D eigenvalue weighted by Gasteiger charge is 2.36. The largest absolute Gasteiger partial charge is 0.502 e. The van der Waals surface area contributed by atoms with Gasteiger partial charge >= 0.3 is 11.7 Å². The van der Waals surface area contributed by atoms with Crippen LogP contribution < -0.4 is 24.4 Å². The minimum Gasteiger partial charge on any atom is -0.502 e. The van der Waals surface area contributed by atoms with E-state index in [-0.39, 0.29) is 16.7 Å². The molecule has 1 aromatic heterocycles. The molecule has 0 amide bonds. The molecular formula is C27H27N3O8S. The van der Waals surface area contributed by atoms with Crippen molar-refractivity contribution >= 4 is 29.1 Å². The lowest BCUT2D eigenvalue weighted by molar-refractivity contribution is -0.385. The van der Waals surface area contributed by atoms with Gasteiger partial charge in [-0.3, -0.25) is 19.5 Å². The SMILES string of the molecule is CCCC1=C(C(=O)OCC)[C@@H](c2cc(OC)ccc2OC)n2c(s/c(=C\c3ccc(O)c([N+](=O)[O-])c3)c2=O)=N1. The van der Waals surface area contributed by atoms with Gasteiger partial charge in [0, 0.05) is 11.6 Å². The Balaban J connectivity index is 2.05. The zero-order valence-corrected chi connectivity index (χ0v) is 22.6. The maximum absolute atomic E-state index is 13.9. The number of allylic oxidation sites excluding steroid dienone is 1. The third-order valence-electron chi connectivity index (χ3n) is 6.12. The highest BCUT2D eigenvalue weighted by molar-refractivity contribution is 7.07. The number of nitro benzene ring substituents is 1. The minimum atomic E-state index is -0.928. The Hall–Kier alpha value is -4.45. The molecule has 0 saturated heterocycles. The molecular weight excluding hydrogens is 526 g/mol. The molecule has 1 N–H and O–H groups in total. The molecule has 0 aliphatic carbocycles. The van der Waals surface area contributed by atoms with Crippen LogP contribution in [0.1, 0.15) is 43.9 Å². The number of phenolic OH excluding ortho intramolecular Hbond substituents is 1. The van der Waals surface area contributed by atoms with Crippen LogP contribution >= 0.6 is 11.3 Å². The Labute approximate surface area is 227 Å². The van der Waals surface area contributed by atoms with E-state index in [4.69, 9.17) is 19.2 Å². The van der Waals surface area contributed by atoms with E-state index in [1.807, 2.05) is 6.92 Å². The maximum atomic E-state index is 13.9. The summed E-state index contributed by atoms with van der Waals surface area (Å²) in [5.74, 6) is -0.138. The first-order chi connectivity index (χ1) is 18.7. The summed E-state index contributed by atoms with van der Waals surface area (Å²) in [6.07, 6.45) is 2.64. The quantitative estimate of drug-likeness (QED) is 0.242. The van der Waals surface area contributed by atoms with E-state index >= 15 is 0 Å². The predicted molar refractivity (Wildman–Crippen MR) is 144 cm³/mol. The van der Waals surface area contributed by atoms with Crippen molar-refractivity contribution in [2.24, 2.45) is 4.99 Å². The molecule has 0 radical (unpaired) electrons. The lowest BCUT2D eigenvalue weighted by Gasteiger charge is -2.27. The average molecular weight is 554 g/mol. The monoisotopic (exact) mass is 553 g/mol. The van der Waals surface area contributed by atoms with Crippen LogP contribution in [0.2, 0.25) is 0 Å². The molecule has 39 heavy (non-hydrogen) atoms. The summed E-state index contributed by atoms with van der Waals surface area (Å²) < 4.78 is 18.1. The number of esters is 1. The van der Waals surface area contributed by atoms with Crippen molar-refractivity contribution in [2.45, 2.75) is 32.7 Å². The number of ether oxygens (including phenoxy) is 3. The Bertz CT molecular complexity index is 1650. The van der Waals surface area contributed by atoms with Gasteiger partial charge in [0.15, 0.2) is 10.6 Å². The lowest BCUT2D eigenvalue weighted by Crippen LogP contribution is -2.40. The van der Waals surface area contributed by atoms with Crippen LogP contribution in [0.25, 0.3) is 6.08 Å². The number of methoxy groups -OCH3 is 2. The number of carbonyl (C=O) groups is 1. The van der Waals surface area contributed by atoms with Crippen molar-refractivity contribution in [1.29, 1.82) is 0 Å². The van der Waals surface area contributed by atoms with Crippen LogP contribution in [0.4, 0.5) is 5.69 Å². The molecule has 0 bridgehead atoms. The zero-order valence-electron chi connectivity index (χ0n) is 21.8. The van der Waals surface area contributed by atoms with Crippen molar-refractivity contribution in [3.8, 4) is 17.2 Å².